The summed E-state index contributed by atoms with van der Waals surface area (Å²) in [6, 6.07) is 10.2. The molecule has 0 bridgehead atoms. The minimum Gasteiger partial charge on any atom is -0.343 e. The molecule has 2 heterocycles. The van der Waals surface area contributed by atoms with Crippen molar-refractivity contribution in [2.24, 2.45) is 5.92 Å². The summed E-state index contributed by atoms with van der Waals surface area (Å²) < 4.78 is 80.1. The lowest BCUT2D eigenvalue weighted by molar-refractivity contribution is -0.143. The van der Waals surface area contributed by atoms with Crippen LogP contribution < -0.4 is 0 Å². The van der Waals surface area contributed by atoms with Gasteiger partial charge >= 0.3 is 12.4 Å². The van der Waals surface area contributed by atoms with Crippen molar-refractivity contribution in [2.45, 2.75) is 45.1 Å². The normalized spacial score (nSPS) is 17.0. The van der Waals surface area contributed by atoms with Crippen molar-refractivity contribution in [1.82, 2.24) is 14.7 Å². The number of piperidine rings is 1. The van der Waals surface area contributed by atoms with Gasteiger partial charge in [-0.05, 0) is 54.2 Å². The molecule has 4 rings (SSSR count). The number of likely N-dealkylation sites (tertiary alicyclic amines) is 1. The first-order valence-electron chi connectivity index (χ1n) is 13.5. The lowest BCUT2D eigenvalue weighted by Gasteiger charge is -2.37. The Morgan fingerprint density at radius 1 is 0.857 bits per heavy atom. The highest BCUT2D eigenvalue weighted by atomic mass is 19.4. The third-order valence-corrected chi connectivity index (χ3v) is 7.74. The van der Waals surface area contributed by atoms with Crippen molar-refractivity contribution in [3.8, 4) is 0 Å². The zero-order valence-electron chi connectivity index (χ0n) is 23.2. The molecule has 3 amide bonds. The van der Waals surface area contributed by atoms with Crippen LogP contribution in [0.1, 0.15) is 48.4 Å². The van der Waals surface area contributed by atoms with Crippen molar-refractivity contribution in [3.05, 3.63) is 76.4 Å². The van der Waals surface area contributed by atoms with Crippen LogP contribution in [0.5, 0.6) is 0 Å². The number of hydrogen-bond donors (Lipinski definition) is 0. The molecule has 1 saturated heterocycles. The van der Waals surface area contributed by atoms with Crippen LogP contribution >= 0.6 is 0 Å². The van der Waals surface area contributed by atoms with Crippen LogP contribution in [0.4, 0.5) is 26.3 Å². The molecule has 2 aromatic rings. The van der Waals surface area contributed by atoms with E-state index >= 15 is 0 Å². The molecular formula is C30H31F6N3O3. The van der Waals surface area contributed by atoms with Gasteiger partial charge in [0.15, 0.2) is 0 Å². The van der Waals surface area contributed by atoms with E-state index in [9.17, 15) is 40.7 Å². The summed E-state index contributed by atoms with van der Waals surface area (Å²) in [5.41, 5.74) is -1.58. The van der Waals surface area contributed by atoms with Crippen LogP contribution in [0.25, 0.3) is 5.57 Å². The molecule has 1 fully saturated rings. The first-order valence-corrected chi connectivity index (χ1v) is 13.5. The first-order chi connectivity index (χ1) is 19.6. The summed E-state index contributed by atoms with van der Waals surface area (Å²) in [4.78, 5) is 43.1. The first kappa shape index (κ1) is 31.1. The van der Waals surface area contributed by atoms with Gasteiger partial charge in [-0.25, -0.2) is 0 Å². The maximum Gasteiger partial charge on any atom is 0.416 e. The highest BCUT2D eigenvalue weighted by Gasteiger charge is 2.38. The average molecular weight is 596 g/mol. The van der Waals surface area contributed by atoms with E-state index in [1.165, 1.54) is 14.0 Å². The fourth-order valence-electron chi connectivity index (χ4n) is 5.48. The Labute approximate surface area is 239 Å². The lowest BCUT2D eigenvalue weighted by atomic mass is 9.90. The number of alkyl halides is 6. The Kier molecular flexibility index (Phi) is 9.03. The molecule has 0 saturated carbocycles. The van der Waals surface area contributed by atoms with E-state index in [2.05, 4.69) is 0 Å². The number of halogens is 6. The summed E-state index contributed by atoms with van der Waals surface area (Å²) >= 11 is 0. The molecule has 0 aliphatic carbocycles. The zero-order valence-corrected chi connectivity index (χ0v) is 23.2. The fraction of sp³-hybridized carbons (Fsp3) is 0.433. The number of carbonyl (C=O) groups is 3. The molecular weight excluding hydrogens is 564 g/mol. The Balaban J connectivity index is 1.58. The Morgan fingerprint density at radius 3 is 1.95 bits per heavy atom. The predicted molar refractivity (Wildman–Crippen MR) is 142 cm³/mol. The van der Waals surface area contributed by atoms with Gasteiger partial charge in [0.25, 0.3) is 0 Å². The Morgan fingerprint density at radius 2 is 1.43 bits per heavy atom. The largest absolute Gasteiger partial charge is 0.416 e. The van der Waals surface area contributed by atoms with Gasteiger partial charge in [0.2, 0.25) is 17.7 Å². The van der Waals surface area contributed by atoms with Crippen LogP contribution in [-0.4, -0.2) is 65.6 Å². The van der Waals surface area contributed by atoms with E-state index in [0.717, 1.165) is 4.90 Å². The van der Waals surface area contributed by atoms with E-state index in [-0.39, 0.29) is 48.9 Å². The standard InChI is InChI=1S/C30H31F6N3O3/c1-19(40)38-11-8-22(9-12-38)27(41)39-13-10-25(26(18-39)21-6-4-3-5-7-21)28(42)37(2)17-20-14-23(29(31,32)33)16-24(15-20)30(34,35)36/h3-7,14-16,22H,8-13,17-18H2,1-2H3. The third kappa shape index (κ3) is 7.14. The topological polar surface area (TPSA) is 60.9 Å². The smallest absolute Gasteiger partial charge is 0.343 e. The van der Waals surface area contributed by atoms with E-state index in [0.29, 0.717) is 54.8 Å². The van der Waals surface area contributed by atoms with Crippen LogP contribution in [0, 0.1) is 5.92 Å². The molecule has 0 spiro atoms. The predicted octanol–water partition coefficient (Wildman–Crippen LogP) is 5.63. The zero-order chi connectivity index (χ0) is 30.8. The molecule has 2 aromatic carbocycles. The number of nitrogens with zero attached hydrogens (tertiary/aromatic N) is 3. The molecule has 0 radical (unpaired) electrons. The molecule has 0 atom stereocenters. The molecule has 226 valence electrons. The molecule has 12 heteroatoms. The van der Waals surface area contributed by atoms with Gasteiger partial charge in [-0.2, -0.15) is 26.3 Å². The average Bonchev–Trinajstić information content (AvgIpc) is 2.95. The minimum atomic E-state index is -5.00. The van der Waals surface area contributed by atoms with Crippen molar-refractivity contribution >= 4 is 23.3 Å². The molecule has 42 heavy (non-hydrogen) atoms. The van der Waals surface area contributed by atoms with Crippen molar-refractivity contribution in [1.29, 1.82) is 0 Å². The molecule has 0 N–H and O–H groups in total. The second kappa shape index (κ2) is 12.2. The van der Waals surface area contributed by atoms with Gasteiger partial charge in [0, 0.05) is 58.2 Å². The van der Waals surface area contributed by atoms with Gasteiger partial charge in [0.05, 0.1) is 11.1 Å². The quantitative estimate of drug-likeness (QED) is 0.422. The van der Waals surface area contributed by atoms with Crippen LogP contribution in [-0.2, 0) is 33.3 Å². The SMILES string of the molecule is CC(=O)N1CCC(C(=O)N2CCC(C(=O)N(C)Cc3cc(C(F)(F)F)cc(C(F)(F)F)c3)=C(c3ccccc3)C2)CC1. The van der Waals surface area contributed by atoms with Crippen LogP contribution in [0.3, 0.4) is 0 Å². The number of benzene rings is 2. The summed E-state index contributed by atoms with van der Waals surface area (Å²) in [7, 11) is 1.33. The molecule has 0 unspecified atom stereocenters. The van der Waals surface area contributed by atoms with Crippen LogP contribution in [0.2, 0.25) is 0 Å². The molecule has 2 aliphatic rings. The van der Waals surface area contributed by atoms with Crippen molar-refractivity contribution < 1.29 is 40.7 Å². The molecule has 6 nitrogen and oxygen atoms in total. The highest BCUT2D eigenvalue weighted by Crippen LogP contribution is 2.37. The second-order valence-electron chi connectivity index (χ2n) is 10.7. The van der Waals surface area contributed by atoms with Gasteiger partial charge in [-0.15, -0.1) is 0 Å². The third-order valence-electron chi connectivity index (χ3n) is 7.74. The van der Waals surface area contributed by atoms with Gasteiger partial charge in [0.1, 0.15) is 0 Å². The maximum atomic E-state index is 13.6. The van der Waals surface area contributed by atoms with E-state index in [1.807, 2.05) is 0 Å². The summed E-state index contributed by atoms with van der Waals surface area (Å²) in [5, 5.41) is 0. The van der Waals surface area contributed by atoms with E-state index in [4.69, 9.17) is 0 Å². The second-order valence-corrected chi connectivity index (χ2v) is 10.7. The van der Waals surface area contributed by atoms with Gasteiger partial charge in [-0.1, -0.05) is 30.3 Å². The lowest BCUT2D eigenvalue weighted by Crippen LogP contribution is -2.46. The molecule has 0 aromatic heterocycles. The summed E-state index contributed by atoms with van der Waals surface area (Å²) in [5.74, 6) is -0.918. The fourth-order valence-corrected chi connectivity index (χ4v) is 5.48. The Hall–Kier alpha value is -3.83. The van der Waals surface area contributed by atoms with Gasteiger partial charge in [-0.3, -0.25) is 14.4 Å². The number of likely N-dealkylation sites (N-methyl/N-ethyl adjacent to an activating group) is 1. The summed E-state index contributed by atoms with van der Waals surface area (Å²) in [6.07, 6.45) is -8.76. The summed E-state index contributed by atoms with van der Waals surface area (Å²) in [6.45, 7) is 2.35. The molecule has 2 aliphatic heterocycles. The number of carbonyl (C=O) groups excluding carboxylic acids is 3. The number of amides is 3. The van der Waals surface area contributed by atoms with Crippen molar-refractivity contribution in [3.63, 3.8) is 0 Å². The van der Waals surface area contributed by atoms with Crippen LogP contribution in [0.15, 0.2) is 54.1 Å². The Bertz CT molecular complexity index is 1330. The number of rotatable bonds is 5. The monoisotopic (exact) mass is 595 g/mol. The minimum absolute atomic E-state index is 0.0415. The van der Waals surface area contributed by atoms with Crippen molar-refractivity contribution in [2.75, 3.05) is 33.2 Å². The van der Waals surface area contributed by atoms with E-state index in [1.54, 1.807) is 40.1 Å². The van der Waals surface area contributed by atoms with Gasteiger partial charge < -0.3 is 14.7 Å². The maximum absolute atomic E-state index is 13.6. The highest BCUT2D eigenvalue weighted by molar-refractivity contribution is 6.02. The van der Waals surface area contributed by atoms with E-state index < -0.39 is 35.9 Å². The number of hydrogen-bond acceptors (Lipinski definition) is 3.